The number of halogens is 2. The smallest absolute Gasteiger partial charge is 0.271 e. The van der Waals surface area contributed by atoms with Crippen LogP contribution < -0.4 is 0 Å². The third kappa shape index (κ3) is 4.38. The predicted molar refractivity (Wildman–Crippen MR) is 113 cm³/mol. The molecule has 4 rings (SSSR count). The van der Waals surface area contributed by atoms with E-state index in [1.54, 1.807) is 29.2 Å². The number of H-pyrrole nitrogens is 1. The van der Waals surface area contributed by atoms with Gasteiger partial charge in [-0.15, -0.1) is 0 Å². The van der Waals surface area contributed by atoms with Crippen LogP contribution in [0.4, 0.5) is 4.39 Å². The Morgan fingerprint density at radius 1 is 1.13 bits per heavy atom. The van der Waals surface area contributed by atoms with Crippen LogP contribution in [0.15, 0.2) is 54.6 Å². The summed E-state index contributed by atoms with van der Waals surface area (Å²) in [4.78, 5) is 16.8. The summed E-state index contributed by atoms with van der Waals surface area (Å²) < 4.78 is 13.1. The molecule has 2 aromatic carbocycles. The molecule has 1 saturated heterocycles. The van der Waals surface area contributed by atoms with Gasteiger partial charge in [-0.05, 0) is 48.0 Å². The predicted octanol–water partition coefficient (Wildman–Crippen LogP) is 3.36. The third-order valence-electron chi connectivity index (χ3n) is 5.40. The summed E-state index contributed by atoms with van der Waals surface area (Å²) in [5.74, 6) is -0.443. The monoisotopic (exact) mass is 428 g/mol. The Labute approximate surface area is 178 Å². The fourth-order valence-electron chi connectivity index (χ4n) is 3.75. The quantitative estimate of drug-likeness (QED) is 0.653. The summed E-state index contributed by atoms with van der Waals surface area (Å²) >= 11 is 6.09. The van der Waals surface area contributed by atoms with Gasteiger partial charge in [0.05, 0.1) is 18.3 Å². The molecule has 1 atom stereocenters. The van der Waals surface area contributed by atoms with Crippen LogP contribution in [0.5, 0.6) is 0 Å². The molecule has 0 bridgehead atoms. The molecular formula is C22H22ClFN4O2. The van der Waals surface area contributed by atoms with Crippen molar-refractivity contribution in [2.45, 2.75) is 6.04 Å². The van der Waals surface area contributed by atoms with Crippen LogP contribution in [-0.2, 0) is 0 Å². The van der Waals surface area contributed by atoms with Crippen molar-refractivity contribution in [2.75, 3.05) is 32.8 Å². The molecule has 1 aromatic heterocycles. The number of hydrogen-bond donors (Lipinski definition) is 2. The number of carbonyl (C=O) groups is 1. The minimum atomic E-state index is -0.317. The molecule has 8 heteroatoms. The Morgan fingerprint density at radius 3 is 2.53 bits per heavy atom. The van der Waals surface area contributed by atoms with E-state index in [9.17, 15) is 14.3 Å². The third-order valence-corrected chi connectivity index (χ3v) is 5.63. The average Bonchev–Trinajstić information content (AvgIpc) is 3.25. The van der Waals surface area contributed by atoms with Crippen molar-refractivity contribution in [2.24, 2.45) is 0 Å². The van der Waals surface area contributed by atoms with Gasteiger partial charge in [-0.2, -0.15) is 5.10 Å². The lowest BCUT2D eigenvalue weighted by Crippen LogP contribution is -2.50. The molecule has 2 heterocycles. The summed E-state index contributed by atoms with van der Waals surface area (Å²) in [6, 6.07) is 15.0. The number of nitrogens with one attached hydrogen (secondary N) is 1. The van der Waals surface area contributed by atoms with Crippen LogP contribution >= 0.6 is 11.6 Å². The highest BCUT2D eigenvalue weighted by Crippen LogP contribution is 2.25. The van der Waals surface area contributed by atoms with Crippen LogP contribution in [0, 0.1) is 5.82 Å². The fraction of sp³-hybridized carbons (Fsp3) is 0.273. The molecular weight excluding hydrogens is 407 g/mol. The van der Waals surface area contributed by atoms with Crippen LogP contribution in [0.1, 0.15) is 22.1 Å². The topological polar surface area (TPSA) is 72.5 Å². The number of aromatic amines is 1. The number of nitrogens with zero attached hydrogens (tertiary/aromatic N) is 3. The van der Waals surface area contributed by atoms with E-state index in [1.807, 2.05) is 18.2 Å². The number of aliphatic hydroxyl groups excluding tert-OH is 1. The Bertz CT molecular complexity index is 1020. The molecule has 6 nitrogen and oxygen atoms in total. The minimum Gasteiger partial charge on any atom is -0.394 e. The second-order valence-electron chi connectivity index (χ2n) is 7.26. The van der Waals surface area contributed by atoms with Gasteiger partial charge >= 0.3 is 0 Å². The van der Waals surface area contributed by atoms with Gasteiger partial charge in [0.2, 0.25) is 0 Å². The molecule has 1 aliphatic rings. The first-order valence-corrected chi connectivity index (χ1v) is 10.1. The number of hydrogen-bond acceptors (Lipinski definition) is 4. The zero-order chi connectivity index (χ0) is 21.1. The lowest BCUT2D eigenvalue weighted by molar-refractivity contribution is 0.0473. The number of piperazine rings is 1. The standard InChI is InChI=1S/C22H22ClFN4O2/c23-17-3-1-2-16(12-17)21(14-29)27-8-10-28(11-9-27)22(30)20-13-19(25-26-20)15-4-6-18(24)7-5-15/h1-7,12-13,21,29H,8-11,14H2,(H,25,26)/t21-/m1/s1. The summed E-state index contributed by atoms with van der Waals surface area (Å²) in [7, 11) is 0. The molecule has 0 radical (unpaired) electrons. The number of rotatable bonds is 5. The molecule has 0 aliphatic carbocycles. The van der Waals surface area contributed by atoms with Crippen molar-refractivity contribution in [1.29, 1.82) is 0 Å². The number of amides is 1. The van der Waals surface area contributed by atoms with Gasteiger partial charge < -0.3 is 10.0 Å². The normalized spacial score (nSPS) is 15.9. The molecule has 156 valence electrons. The Balaban J connectivity index is 1.40. The minimum absolute atomic E-state index is 0.0180. The van der Waals surface area contributed by atoms with E-state index < -0.39 is 0 Å². The van der Waals surface area contributed by atoms with Gasteiger partial charge in [0.1, 0.15) is 11.5 Å². The summed E-state index contributed by atoms with van der Waals surface area (Å²) in [6.45, 7) is 2.35. The number of benzene rings is 2. The van der Waals surface area contributed by atoms with E-state index in [0.717, 1.165) is 11.1 Å². The summed E-state index contributed by atoms with van der Waals surface area (Å²) in [6.07, 6.45) is 0. The second kappa shape index (κ2) is 8.95. The zero-order valence-corrected chi connectivity index (χ0v) is 17.0. The maximum Gasteiger partial charge on any atom is 0.271 e. The SMILES string of the molecule is O=C(c1cc(-c2ccc(F)cc2)n[nH]1)N1CCN([C@H](CO)c2cccc(Cl)c2)CC1. The molecule has 3 aromatic rings. The molecule has 1 amide bonds. The highest BCUT2D eigenvalue weighted by atomic mass is 35.5. The zero-order valence-electron chi connectivity index (χ0n) is 16.3. The maximum absolute atomic E-state index is 13.1. The van der Waals surface area contributed by atoms with Gasteiger partial charge in [0, 0.05) is 36.8 Å². The van der Waals surface area contributed by atoms with E-state index in [-0.39, 0.29) is 24.4 Å². The number of aliphatic hydroxyl groups is 1. The van der Waals surface area contributed by atoms with E-state index >= 15 is 0 Å². The molecule has 0 spiro atoms. The van der Waals surface area contributed by atoms with Crippen molar-refractivity contribution in [3.05, 3.63) is 76.7 Å². The van der Waals surface area contributed by atoms with Gasteiger partial charge in [0.15, 0.2) is 0 Å². The lowest BCUT2D eigenvalue weighted by Gasteiger charge is -2.38. The summed E-state index contributed by atoms with van der Waals surface area (Å²) in [5, 5.41) is 17.5. The van der Waals surface area contributed by atoms with Crippen LogP contribution in [0.3, 0.4) is 0 Å². The van der Waals surface area contributed by atoms with Gasteiger partial charge in [-0.25, -0.2) is 4.39 Å². The van der Waals surface area contributed by atoms with Crippen molar-refractivity contribution in [3.63, 3.8) is 0 Å². The average molecular weight is 429 g/mol. The molecule has 2 N–H and O–H groups in total. The van der Waals surface area contributed by atoms with Crippen molar-refractivity contribution in [3.8, 4) is 11.3 Å². The van der Waals surface area contributed by atoms with Gasteiger partial charge in [-0.3, -0.25) is 14.8 Å². The van der Waals surface area contributed by atoms with Crippen molar-refractivity contribution < 1.29 is 14.3 Å². The Kier molecular flexibility index (Phi) is 6.13. The first-order chi connectivity index (χ1) is 14.5. The summed E-state index contributed by atoms with van der Waals surface area (Å²) in [5.41, 5.74) is 2.70. The first kappa shape index (κ1) is 20.5. The fourth-order valence-corrected chi connectivity index (χ4v) is 3.95. The number of aromatic nitrogens is 2. The van der Waals surface area contributed by atoms with E-state index in [0.29, 0.717) is 42.6 Å². The van der Waals surface area contributed by atoms with Crippen molar-refractivity contribution in [1.82, 2.24) is 20.0 Å². The molecule has 0 unspecified atom stereocenters. The second-order valence-corrected chi connectivity index (χ2v) is 7.69. The van der Waals surface area contributed by atoms with E-state index in [2.05, 4.69) is 15.1 Å². The van der Waals surface area contributed by atoms with E-state index in [4.69, 9.17) is 11.6 Å². The van der Waals surface area contributed by atoms with Crippen LogP contribution in [-0.4, -0.2) is 63.8 Å². The highest BCUT2D eigenvalue weighted by Gasteiger charge is 2.28. The molecule has 1 fully saturated rings. The Morgan fingerprint density at radius 2 is 1.87 bits per heavy atom. The lowest BCUT2D eigenvalue weighted by atomic mass is 10.0. The molecule has 30 heavy (non-hydrogen) atoms. The Hall–Kier alpha value is -2.74. The maximum atomic E-state index is 13.1. The molecule has 1 aliphatic heterocycles. The van der Waals surface area contributed by atoms with Crippen LogP contribution in [0.25, 0.3) is 11.3 Å². The van der Waals surface area contributed by atoms with Crippen molar-refractivity contribution >= 4 is 17.5 Å². The largest absolute Gasteiger partial charge is 0.394 e. The van der Waals surface area contributed by atoms with E-state index in [1.165, 1.54) is 12.1 Å². The molecule has 0 saturated carbocycles. The highest BCUT2D eigenvalue weighted by molar-refractivity contribution is 6.30. The first-order valence-electron chi connectivity index (χ1n) is 9.76. The van der Waals surface area contributed by atoms with Gasteiger partial charge in [0.25, 0.3) is 5.91 Å². The van der Waals surface area contributed by atoms with Gasteiger partial charge in [-0.1, -0.05) is 23.7 Å². The number of carbonyl (C=O) groups excluding carboxylic acids is 1. The van der Waals surface area contributed by atoms with Crippen LogP contribution in [0.2, 0.25) is 5.02 Å².